The van der Waals surface area contributed by atoms with Crippen LogP contribution >= 0.6 is 11.3 Å². The molecule has 0 aromatic carbocycles. The first kappa shape index (κ1) is 13.3. The highest BCUT2D eigenvalue weighted by Gasteiger charge is 2.41. The first-order valence-electron chi connectivity index (χ1n) is 5.64. The van der Waals surface area contributed by atoms with Crippen LogP contribution in [0.4, 0.5) is 13.2 Å². The van der Waals surface area contributed by atoms with Crippen molar-refractivity contribution < 1.29 is 18.0 Å². The van der Waals surface area contributed by atoms with Gasteiger partial charge in [-0.05, 0) is 25.7 Å². The third-order valence-corrected chi connectivity index (χ3v) is 3.64. The molecular formula is C11H13F3N2OS. The predicted octanol–water partition coefficient (Wildman–Crippen LogP) is 2.95. The Balaban J connectivity index is 2.15. The first-order chi connectivity index (χ1) is 8.38. The van der Waals surface area contributed by atoms with Crippen LogP contribution in [0.3, 0.4) is 0 Å². The molecule has 1 aliphatic carbocycles. The average molecular weight is 278 g/mol. The van der Waals surface area contributed by atoms with Crippen molar-refractivity contribution in [2.45, 2.75) is 32.0 Å². The molecule has 7 heteroatoms. The van der Waals surface area contributed by atoms with Gasteiger partial charge in [-0.15, -0.1) is 11.3 Å². The zero-order valence-electron chi connectivity index (χ0n) is 9.78. The summed E-state index contributed by atoms with van der Waals surface area (Å²) >= 11 is 1.20. The van der Waals surface area contributed by atoms with Gasteiger partial charge in [0.05, 0.1) is 5.51 Å². The van der Waals surface area contributed by atoms with Crippen molar-refractivity contribution in [1.82, 2.24) is 9.88 Å². The molecule has 18 heavy (non-hydrogen) atoms. The fourth-order valence-corrected chi connectivity index (χ4v) is 2.42. The third kappa shape index (κ3) is 3.22. The lowest BCUT2D eigenvalue weighted by Crippen LogP contribution is -2.45. The van der Waals surface area contributed by atoms with Gasteiger partial charge in [0.25, 0.3) is 5.91 Å². The van der Waals surface area contributed by atoms with Crippen molar-refractivity contribution in [1.29, 1.82) is 0 Å². The van der Waals surface area contributed by atoms with Gasteiger partial charge in [0.15, 0.2) is 0 Å². The van der Waals surface area contributed by atoms with Crippen LogP contribution in [0.1, 0.15) is 30.3 Å². The predicted molar refractivity (Wildman–Crippen MR) is 61.4 cm³/mol. The van der Waals surface area contributed by atoms with Crippen molar-refractivity contribution in [3.8, 4) is 0 Å². The van der Waals surface area contributed by atoms with Crippen LogP contribution in [0.25, 0.3) is 0 Å². The van der Waals surface area contributed by atoms with Gasteiger partial charge in [0.2, 0.25) is 0 Å². The Morgan fingerprint density at radius 2 is 2.28 bits per heavy atom. The van der Waals surface area contributed by atoms with Crippen LogP contribution in [-0.4, -0.2) is 34.6 Å². The number of carbonyl (C=O) groups is 1. The molecule has 1 atom stereocenters. The summed E-state index contributed by atoms with van der Waals surface area (Å²) in [6.07, 6.45) is -2.60. The van der Waals surface area contributed by atoms with Crippen molar-refractivity contribution in [3.05, 3.63) is 16.6 Å². The summed E-state index contributed by atoms with van der Waals surface area (Å²) in [7, 11) is 0. The smallest absolute Gasteiger partial charge is 0.325 e. The summed E-state index contributed by atoms with van der Waals surface area (Å²) in [5.41, 5.74) is 1.54. The number of thiazole rings is 1. The Labute approximate surface area is 107 Å². The summed E-state index contributed by atoms with van der Waals surface area (Å²) < 4.78 is 37.6. The summed E-state index contributed by atoms with van der Waals surface area (Å²) in [5, 5.41) is 1.48. The Morgan fingerprint density at radius 3 is 2.72 bits per heavy atom. The molecule has 0 bridgehead atoms. The maximum Gasteiger partial charge on any atom is 0.406 e. The molecule has 1 amide bonds. The van der Waals surface area contributed by atoms with Crippen LogP contribution < -0.4 is 0 Å². The minimum atomic E-state index is -4.38. The maximum absolute atomic E-state index is 12.5. The molecule has 1 heterocycles. The van der Waals surface area contributed by atoms with E-state index in [9.17, 15) is 18.0 Å². The molecule has 1 aromatic heterocycles. The van der Waals surface area contributed by atoms with E-state index in [0.717, 1.165) is 17.7 Å². The monoisotopic (exact) mass is 278 g/mol. The molecule has 100 valence electrons. The van der Waals surface area contributed by atoms with E-state index in [-0.39, 0.29) is 17.7 Å². The van der Waals surface area contributed by atoms with Gasteiger partial charge in [-0.2, -0.15) is 13.2 Å². The molecule has 0 spiro atoms. The van der Waals surface area contributed by atoms with Gasteiger partial charge in [0.1, 0.15) is 12.2 Å². The van der Waals surface area contributed by atoms with Crippen LogP contribution in [0, 0.1) is 5.92 Å². The number of aromatic nitrogens is 1. The lowest BCUT2D eigenvalue weighted by atomic mass is 10.1. The number of hydrogen-bond donors (Lipinski definition) is 0. The summed E-state index contributed by atoms with van der Waals surface area (Å²) in [6.45, 7) is 0.467. The number of alkyl halides is 3. The molecule has 0 N–H and O–H groups in total. The third-order valence-electron chi connectivity index (χ3n) is 3.06. The number of carbonyl (C=O) groups excluding carboxylic acids is 1. The largest absolute Gasteiger partial charge is 0.406 e. The standard InChI is InChI=1S/C11H13F3N2OS/c1-7(8-2-3-8)16(5-11(12,13)14)10(17)9-4-18-6-15-9/h4,6-8H,2-3,5H2,1H3. The molecule has 1 aromatic rings. The number of amides is 1. The highest BCUT2D eigenvalue weighted by Crippen LogP contribution is 2.36. The minimum absolute atomic E-state index is 0.0942. The fourth-order valence-electron chi connectivity index (χ4n) is 1.89. The van der Waals surface area contributed by atoms with Gasteiger partial charge >= 0.3 is 6.18 Å². The Kier molecular flexibility index (Phi) is 3.61. The Bertz CT molecular complexity index is 414. The van der Waals surface area contributed by atoms with Crippen molar-refractivity contribution >= 4 is 17.2 Å². The van der Waals surface area contributed by atoms with E-state index in [1.54, 1.807) is 6.92 Å². The SMILES string of the molecule is CC(C1CC1)N(CC(F)(F)F)C(=O)c1cscn1. The minimum Gasteiger partial charge on any atom is -0.325 e. The molecule has 2 rings (SSSR count). The first-order valence-corrected chi connectivity index (χ1v) is 6.58. The van der Waals surface area contributed by atoms with E-state index in [4.69, 9.17) is 0 Å². The van der Waals surface area contributed by atoms with Crippen LogP contribution in [0.5, 0.6) is 0 Å². The van der Waals surface area contributed by atoms with Gasteiger partial charge in [-0.25, -0.2) is 4.98 Å². The zero-order valence-corrected chi connectivity index (χ0v) is 10.6. The molecule has 0 saturated heterocycles. The van der Waals surface area contributed by atoms with Crippen LogP contribution in [0.2, 0.25) is 0 Å². The van der Waals surface area contributed by atoms with E-state index in [2.05, 4.69) is 4.98 Å². The van der Waals surface area contributed by atoms with Gasteiger partial charge in [0, 0.05) is 11.4 Å². The van der Waals surface area contributed by atoms with Gasteiger partial charge in [-0.3, -0.25) is 4.79 Å². The molecule has 0 radical (unpaired) electrons. The topological polar surface area (TPSA) is 33.2 Å². The molecule has 3 nitrogen and oxygen atoms in total. The van der Waals surface area contributed by atoms with Gasteiger partial charge < -0.3 is 4.90 Å². The number of nitrogens with zero attached hydrogens (tertiary/aromatic N) is 2. The van der Waals surface area contributed by atoms with Gasteiger partial charge in [-0.1, -0.05) is 0 Å². The molecule has 1 aliphatic rings. The van der Waals surface area contributed by atoms with E-state index < -0.39 is 18.6 Å². The quantitative estimate of drug-likeness (QED) is 0.848. The molecule has 1 fully saturated rings. The van der Waals surface area contributed by atoms with Crippen molar-refractivity contribution in [3.63, 3.8) is 0 Å². The molecule has 1 saturated carbocycles. The molecule has 1 unspecified atom stereocenters. The number of hydrogen-bond acceptors (Lipinski definition) is 3. The number of rotatable bonds is 4. The lowest BCUT2D eigenvalue weighted by molar-refractivity contribution is -0.144. The van der Waals surface area contributed by atoms with Crippen LogP contribution in [-0.2, 0) is 0 Å². The highest BCUT2D eigenvalue weighted by atomic mass is 32.1. The summed E-state index contributed by atoms with van der Waals surface area (Å²) in [6, 6.07) is -0.388. The summed E-state index contributed by atoms with van der Waals surface area (Å²) in [5.74, 6) is -0.442. The zero-order chi connectivity index (χ0) is 13.3. The second-order valence-corrected chi connectivity index (χ2v) is 5.22. The summed E-state index contributed by atoms with van der Waals surface area (Å²) in [4.78, 5) is 16.7. The second kappa shape index (κ2) is 4.87. The van der Waals surface area contributed by atoms with E-state index in [1.165, 1.54) is 22.2 Å². The maximum atomic E-state index is 12.5. The Morgan fingerprint density at radius 1 is 1.61 bits per heavy atom. The molecule has 0 aliphatic heterocycles. The lowest BCUT2D eigenvalue weighted by Gasteiger charge is -2.29. The Hall–Kier alpha value is -1.11. The highest BCUT2D eigenvalue weighted by molar-refractivity contribution is 7.07. The molecular weight excluding hydrogens is 265 g/mol. The normalized spacial score (nSPS) is 17.6. The second-order valence-electron chi connectivity index (χ2n) is 4.50. The van der Waals surface area contributed by atoms with Crippen LogP contribution in [0.15, 0.2) is 10.9 Å². The fraction of sp³-hybridized carbons (Fsp3) is 0.636. The number of halogens is 3. The van der Waals surface area contributed by atoms with E-state index in [1.807, 2.05) is 0 Å². The van der Waals surface area contributed by atoms with Crippen molar-refractivity contribution in [2.24, 2.45) is 5.92 Å². The van der Waals surface area contributed by atoms with Crippen molar-refractivity contribution in [2.75, 3.05) is 6.54 Å². The average Bonchev–Trinajstić information content (AvgIpc) is 2.98. The van der Waals surface area contributed by atoms with E-state index >= 15 is 0 Å². The van der Waals surface area contributed by atoms with E-state index in [0.29, 0.717) is 0 Å².